The summed E-state index contributed by atoms with van der Waals surface area (Å²) in [5.74, 6) is -2.77. The Morgan fingerprint density at radius 3 is 2.71 bits per heavy atom. The number of anilines is 1. The van der Waals surface area contributed by atoms with Gasteiger partial charge in [-0.05, 0) is 12.1 Å². The molecule has 0 bridgehead atoms. The summed E-state index contributed by atoms with van der Waals surface area (Å²) in [5.41, 5.74) is -0.303. The highest BCUT2D eigenvalue weighted by atomic mass is 35.5. The van der Waals surface area contributed by atoms with Crippen molar-refractivity contribution in [3.05, 3.63) is 29.0 Å². The SMILES string of the molecule is O=C(O)CCS(=O)(=O)Nc1cccc(Cl)c1F. The molecular weight excluding hydrogens is 273 g/mol. The summed E-state index contributed by atoms with van der Waals surface area (Å²) in [5, 5.41) is 8.14. The van der Waals surface area contributed by atoms with Crippen molar-refractivity contribution in [1.82, 2.24) is 0 Å². The van der Waals surface area contributed by atoms with Crippen LogP contribution >= 0.6 is 11.6 Å². The molecule has 0 heterocycles. The number of rotatable bonds is 5. The number of carboxylic acids is 1. The average Bonchev–Trinajstić information content (AvgIpc) is 2.22. The molecule has 0 atom stereocenters. The van der Waals surface area contributed by atoms with Crippen LogP contribution < -0.4 is 4.72 Å². The van der Waals surface area contributed by atoms with Crippen LogP contribution in [0.15, 0.2) is 18.2 Å². The highest BCUT2D eigenvalue weighted by Gasteiger charge is 2.16. The van der Waals surface area contributed by atoms with Gasteiger partial charge in [-0.3, -0.25) is 9.52 Å². The van der Waals surface area contributed by atoms with E-state index in [1.807, 2.05) is 4.72 Å². The Bertz CT molecular complexity index is 532. The van der Waals surface area contributed by atoms with Crippen LogP contribution in [0.1, 0.15) is 6.42 Å². The summed E-state index contributed by atoms with van der Waals surface area (Å²) in [4.78, 5) is 10.2. The van der Waals surface area contributed by atoms with Gasteiger partial charge in [-0.25, -0.2) is 12.8 Å². The fraction of sp³-hybridized carbons (Fsp3) is 0.222. The summed E-state index contributed by atoms with van der Waals surface area (Å²) in [6.07, 6.45) is -0.558. The quantitative estimate of drug-likeness (QED) is 0.860. The van der Waals surface area contributed by atoms with Gasteiger partial charge in [0.25, 0.3) is 0 Å². The molecule has 0 radical (unpaired) electrons. The number of halogens is 2. The lowest BCUT2D eigenvalue weighted by molar-refractivity contribution is -0.136. The van der Waals surface area contributed by atoms with E-state index < -0.39 is 34.0 Å². The van der Waals surface area contributed by atoms with Gasteiger partial charge >= 0.3 is 5.97 Å². The molecule has 0 aliphatic rings. The normalized spacial score (nSPS) is 11.2. The molecule has 0 saturated carbocycles. The number of carboxylic acid groups (broad SMARTS) is 1. The molecule has 0 unspecified atom stereocenters. The van der Waals surface area contributed by atoms with E-state index >= 15 is 0 Å². The summed E-state index contributed by atoms with van der Waals surface area (Å²) < 4.78 is 38.1. The van der Waals surface area contributed by atoms with E-state index in [1.54, 1.807) is 0 Å². The van der Waals surface area contributed by atoms with Gasteiger partial charge in [0.1, 0.15) is 0 Å². The van der Waals surface area contributed by atoms with Crippen LogP contribution in [0.2, 0.25) is 5.02 Å². The zero-order valence-electron chi connectivity index (χ0n) is 8.48. The molecule has 0 fully saturated rings. The third kappa shape index (κ3) is 4.20. The Labute approximate surface area is 102 Å². The van der Waals surface area contributed by atoms with Crippen molar-refractivity contribution in [3.8, 4) is 0 Å². The largest absolute Gasteiger partial charge is 0.481 e. The van der Waals surface area contributed by atoms with Crippen molar-refractivity contribution >= 4 is 33.3 Å². The molecule has 1 aromatic rings. The minimum atomic E-state index is -3.90. The van der Waals surface area contributed by atoms with Gasteiger partial charge in [0.2, 0.25) is 10.0 Å². The minimum absolute atomic E-state index is 0.219. The summed E-state index contributed by atoms with van der Waals surface area (Å²) in [6, 6.07) is 3.84. The highest BCUT2D eigenvalue weighted by Crippen LogP contribution is 2.22. The van der Waals surface area contributed by atoms with Crippen LogP contribution in [0.25, 0.3) is 0 Å². The Morgan fingerprint density at radius 2 is 2.12 bits per heavy atom. The minimum Gasteiger partial charge on any atom is -0.481 e. The third-order valence-electron chi connectivity index (χ3n) is 1.80. The number of hydrogen-bond acceptors (Lipinski definition) is 3. The van der Waals surface area contributed by atoms with Crippen molar-refractivity contribution in [3.63, 3.8) is 0 Å². The van der Waals surface area contributed by atoms with Gasteiger partial charge < -0.3 is 5.11 Å². The smallest absolute Gasteiger partial charge is 0.304 e. The Kier molecular flexibility index (Phi) is 4.30. The second-order valence-electron chi connectivity index (χ2n) is 3.17. The first-order valence-corrected chi connectivity index (χ1v) is 6.51. The fourth-order valence-corrected chi connectivity index (χ4v) is 2.24. The summed E-state index contributed by atoms with van der Waals surface area (Å²) >= 11 is 5.47. The van der Waals surface area contributed by atoms with Crippen LogP contribution in [0.3, 0.4) is 0 Å². The second kappa shape index (κ2) is 5.33. The van der Waals surface area contributed by atoms with Crippen LogP contribution in [-0.2, 0) is 14.8 Å². The molecule has 1 aromatic carbocycles. The van der Waals surface area contributed by atoms with Gasteiger partial charge in [-0.15, -0.1) is 0 Å². The molecule has 1 rings (SSSR count). The predicted octanol–water partition coefficient (Wildman–Crippen LogP) is 1.70. The molecule has 2 N–H and O–H groups in total. The maximum absolute atomic E-state index is 13.4. The lowest BCUT2D eigenvalue weighted by Gasteiger charge is -2.08. The number of carbonyl (C=O) groups is 1. The molecule has 0 saturated heterocycles. The van der Waals surface area contributed by atoms with Gasteiger partial charge in [0, 0.05) is 0 Å². The monoisotopic (exact) mass is 281 g/mol. The molecular formula is C9H9ClFNO4S. The molecule has 0 aliphatic carbocycles. The van der Waals surface area contributed by atoms with Crippen molar-refractivity contribution in [2.45, 2.75) is 6.42 Å². The predicted molar refractivity (Wildman–Crippen MR) is 61.1 cm³/mol. The molecule has 5 nitrogen and oxygen atoms in total. The van der Waals surface area contributed by atoms with Gasteiger partial charge in [0.05, 0.1) is 22.9 Å². The number of sulfonamides is 1. The lowest BCUT2D eigenvalue weighted by atomic mass is 10.3. The van der Waals surface area contributed by atoms with E-state index in [1.165, 1.54) is 18.2 Å². The van der Waals surface area contributed by atoms with Gasteiger partial charge in [-0.2, -0.15) is 0 Å². The number of hydrogen-bond donors (Lipinski definition) is 2. The number of benzene rings is 1. The zero-order chi connectivity index (χ0) is 13.1. The van der Waals surface area contributed by atoms with E-state index in [-0.39, 0.29) is 10.7 Å². The third-order valence-corrected chi connectivity index (χ3v) is 3.37. The highest BCUT2D eigenvalue weighted by molar-refractivity contribution is 7.92. The van der Waals surface area contributed by atoms with E-state index in [9.17, 15) is 17.6 Å². The Balaban J connectivity index is 2.83. The van der Waals surface area contributed by atoms with Gasteiger partial charge in [-0.1, -0.05) is 17.7 Å². The molecule has 8 heteroatoms. The lowest BCUT2D eigenvalue weighted by Crippen LogP contribution is -2.19. The second-order valence-corrected chi connectivity index (χ2v) is 5.42. The van der Waals surface area contributed by atoms with Crippen molar-refractivity contribution in [2.75, 3.05) is 10.5 Å². The van der Waals surface area contributed by atoms with Crippen LogP contribution in [0.5, 0.6) is 0 Å². The molecule has 0 aliphatic heterocycles. The summed E-state index contributed by atoms with van der Waals surface area (Å²) in [6.45, 7) is 0. The van der Waals surface area contributed by atoms with Crippen LogP contribution in [0.4, 0.5) is 10.1 Å². The van der Waals surface area contributed by atoms with E-state index in [0.29, 0.717) is 0 Å². The molecule has 0 aromatic heterocycles. The van der Waals surface area contributed by atoms with E-state index in [2.05, 4.69) is 0 Å². The summed E-state index contributed by atoms with van der Waals surface area (Å²) in [7, 11) is -3.90. The maximum Gasteiger partial charge on any atom is 0.304 e. The maximum atomic E-state index is 13.4. The van der Waals surface area contributed by atoms with Crippen LogP contribution in [-0.4, -0.2) is 25.2 Å². The average molecular weight is 282 g/mol. The Hall–Kier alpha value is -1.34. The molecule has 0 amide bonds. The fourth-order valence-electron chi connectivity index (χ4n) is 1.02. The standard InChI is InChI=1S/C9H9ClFNO4S/c10-6-2-1-3-7(9(6)11)12-17(15,16)5-4-8(13)14/h1-3,12H,4-5H2,(H,13,14). The van der Waals surface area contributed by atoms with Gasteiger partial charge in [0.15, 0.2) is 5.82 Å². The van der Waals surface area contributed by atoms with E-state index in [0.717, 1.165) is 0 Å². The first-order chi connectivity index (χ1) is 7.82. The van der Waals surface area contributed by atoms with Crippen molar-refractivity contribution < 1.29 is 22.7 Å². The van der Waals surface area contributed by atoms with Crippen molar-refractivity contribution in [2.24, 2.45) is 0 Å². The number of nitrogens with one attached hydrogen (secondary N) is 1. The topological polar surface area (TPSA) is 83.5 Å². The molecule has 94 valence electrons. The van der Waals surface area contributed by atoms with E-state index in [4.69, 9.17) is 16.7 Å². The first-order valence-electron chi connectivity index (χ1n) is 4.48. The molecule has 0 spiro atoms. The Morgan fingerprint density at radius 1 is 1.47 bits per heavy atom. The number of aliphatic carboxylic acids is 1. The first kappa shape index (κ1) is 13.7. The van der Waals surface area contributed by atoms with Crippen LogP contribution in [0, 0.1) is 5.82 Å². The molecule has 17 heavy (non-hydrogen) atoms. The zero-order valence-corrected chi connectivity index (χ0v) is 10.1. The van der Waals surface area contributed by atoms with Crippen molar-refractivity contribution in [1.29, 1.82) is 0 Å².